The van der Waals surface area contributed by atoms with Crippen LogP contribution in [0.5, 0.6) is 11.5 Å². The summed E-state index contributed by atoms with van der Waals surface area (Å²) in [4.78, 5) is 34.2. The number of methoxy groups -OCH3 is 2. The minimum atomic E-state index is -0.309. The van der Waals surface area contributed by atoms with Crippen molar-refractivity contribution in [1.29, 1.82) is 0 Å². The van der Waals surface area contributed by atoms with Gasteiger partial charge in [0.25, 0.3) is 11.5 Å². The van der Waals surface area contributed by atoms with Crippen LogP contribution in [0.2, 0.25) is 0 Å². The van der Waals surface area contributed by atoms with Crippen LogP contribution in [0, 0.1) is 0 Å². The van der Waals surface area contributed by atoms with Crippen molar-refractivity contribution in [3.63, 3.8) is 0 Å². The van der Waals surface area contributed by atoms with Crippen LogP contribution in [-0.2, 0) is 6.54 Å². The highest BCUT2D eigenvalue weighted by molar-refractivity contribution is 5.92. The van der Waals surface area contributed by atoms with E-state index in [0.29, 0.717) is 40.5 Å². The van der Waals surface area contributed by atoms with Gasteiger partial charge in [-0.05, 0) is 25.0 Å². The quantitative estimate of drug-likeness (QED) is 0.631. The van der Waals surface area contributed by atoms with E-state index < -0.39 is 0 Å². The van der Waals surface area contributed by atoms with E-state index in [1.807, 2.05) is 20.8 Å². The number of hydrogen-bond donors (Lipinski definition) is 2. The molecule has 0 atom stereocenters. The average Bonchev–Trinajstić information content (AvgIpc) is 3.21. The van der Waals surface area contributed by atoms with Crippen molar-refractivity contribution in [2.24, 2.45) is 0 Å². The Labute approximate surface area is 168 Å². The predicted octanol–water partition coefficient (Wildman–Crippen LogP) is 2.45. The molecule has 29 heavy (non-hydrogen) atoms. The van der Waals surface area contributed by atoms with E-state index in [0.717, 1.165) is 5.69 Å². The summed E-state index contributed by atoms with van der Waals surface area (Å²) >= 11 is 0. The highest BCUT2D eigenvalue weighted by atomic mass is 16.5. The summed E-state index contributed by atoms with van der Waals surface area (Å²) in [5.41, 5.74) is 1.39. The number of fused-ring (bicyclic) bond motifs is 1. The number of carbonyl (C=O) groups is 1. The lowest BCUT2D eigenvalue weighted by Crippen LogP contribution is -2.32. The summed E-state index contributed by atoms with van der Waals surface area (Å²) in [5, 5.41) is 7.39. The Morgan fingerprint density at radius 3 is 2.45 bits per heavy atom. The fourth-order valence-corrected chi connectivity index (χ4v) is 3.00. The largest absolute Gasteiger partial charge is 0.493 e. The predicted molar refractivity (Wildman–Crippen MR) is 109 cm³/mol. The number of aromatic nitrogens is 4. The Hall–Kier alpha value is -3.36. The topological polar surface area (TPSA) is 113 Å². The molecule has 0 aliphatic rings. The fraction of sp³-hybridized carbons (Fsp3) is 0.400. The van der Waals surface area contributed by atoms with Gasteiger partial charge in [-0.3, -0.25) is 14.7 Å². The van der Waals surface area contributed by atoms with Crippen LogP contribution in [0.3, 0.4) is 0 Å². The van der Waals surface area contributed by atoms with Gasteiger partial charge < -0.3 is 19.4 Å². The van der Waals surface area contributed by atoms with Crippen LogP contribution >= 0.6 is 0 Å². The van der Waals surface area contributed by atoms with Crippen LogP contribution in [0.4, 0.5) is 0 Å². The zero-order valence-electron chi connectivity index (χ0n) is 17.2. The molecule has 0 radical (unpaired) electrons. The lowest BCUT2D eigenvalue weighted by molar-refractivity contribution is 0.0742. The van der Waals surface area contributed by atoms with E-state index in [9.17, 15) is 9.59 Å². The number of carbonyl (C=O) groups excluding carboxylic acids is 1. The standard InChI is InChI=1S/C20H25N5O4/c1-6-25(20(27)15-8-13(11(2)3)23-24-15)10-18-21-14-9-17(29-5)16(28-4)7-12(14)19(26)22-18/h7-9,11H,6,10H2,1-5H3,(H,23,24)(H,21,22,26). The summed E-state index contributed by atoms with van der Waals surface area (Å²) in [5.74, 6) is 1.31. The molecule has 154 valence electrons. The molecule has 0 aliphatic carbocycles. The number of nitrogens with one attached hydrogen (secondary N) is 2. The van der Waals surface area contributed by atoms with Crippen LogP contribution in [0.1, 0.15) is 48.7 Å². The number of ether oxygens (including phenoxy) is 2. The van der Waals surface area contributed by atoms with Crippen molar-refractivity contribution in [3.05, 3.63) is 45.8 Å². The highest BCUT2D eigenvalue weighted by Crippen LogP contribution is 2.30. The minimum Gasteiger partial charge on any atom is -0.493 e. The molecule has 0 bridgehead atoms. The molecule has 3 aromatic rings. The molecular formula is C20H25N5O4. The average molecular weight is 399 g/mol. The van der Waals surface area contributed by atoms with Crippen molar-refractivity contribution < 1.29 is 14.3 Å². The second-order valence-electron chi connectivity index (χ2n) is 6.92. The number of H-pyrrole nitrogens is 2. The number of aromatic amines is 2. The third kappa shape index (κ3) is 4.08. The van der Waals surface area contributed by atoms with Crippen molar-refractivity contribution in [1.82, 2.24) is 25.1 Å². The van der Waals surface area contributed by atoms with E-state index in [4.69, 9.17) is 9.47 Å². The monoisotopic (exact) mass is 399 g/mol. The molecule has 0 fully saturated rings. The Kier molecular flexibility index (Phi) is 5.86. The van der Waals surface area contributed by atoms with Crippen LogP contribution in [0.25, 0.3) is 10.9 Å². The molecular weight excluding hydrogens is 374 g/mol. The summed E-state index contributed by atoms with van der Waals surface area (Å²) in [6.07, 6.45) is 0. The summed E-state index contributed by atoms with van der Waals surface area (Å²) in [6, 6.07) is 4.99. The number of hydrogen-bond acceptors (Lipinski definition) is 6. The number of benzene rings is 1. The van der Waals surface area contributed by atoms with Crippen molar-refractivity contribution in [3.8, 4) is 11.5 Å². The van der Waals surface area contributed by atoms with Gasteiger partial charge in [0.05, 0.1) is 31.7 Å². The van der Waals surface area contributed by atoms with E-state index in [-0.39, 0.29) is 23.9 Å². The Bertz CT molecular complexity index is 1090. The first-order valence-electron chi connectivity index (χ1n) is 9.37. The number of rotatable bonds is 7. The number of nitrogens with zero attached hydrogens (tertiary/aromatic N) is 3. The number of amides is 1. The first-order valence-corrected chi connectivity index (χ1v) is 9.37. The molecule has 9 nitrogen and oxygen atoms in total. The summed E-state index contributed by atoms with van der Waals surface area (Å²) in [6.45, 7) is 6.49. The molecule has 1 aromatic carbocycles. The molecule has 1 amide bonds. The van der Waals surface area contributed by atoms with Crippen LogP contribution in [-0.4, -0.2) is 51.7 Å². The Morgan fingerprint density at radius 2 is 1.86 bits per heavy atom. The molecule has 2 heterocycles. The van der Waals surface area contributed by atoms with Gasteiger partial charge in [-0.25, -0.2) is 4.98 Å². The highest BCUT2D eigenvalue weighted by Gasteiger charge is 2.20. The fourth-order valence-electron chi connectivity index (χ4n) is 3.00. The maximum absolute atomic E-state index is 12.8. The van der Waals surface area contributed by atoms with Gasteiger partial charge in [0.15, 0.2) is 11.5 Å². The third-order valence-electron chi connectivity index (χ3n) is 4.71. The lowest BCUT2D eigenvalue weighted by atomic mass is 10.1. The van der Waals surface area contributed by atoms with Crippen LogP contribution < -0.4 is 15.0 Å². The summed E-state index contributed by atoms with van der Waals surface area (Å²) < 4.78 is 10.5. The molecule has 9 heteroatoms. The van der Waals surface area contributed by atoms with E-state index in [1.54, 1.807) is 23.1 Å². The van der Waals surface area contributed by atoms with Gasteiger partial charge in [0.1, 0.15) is 11.5 Å². The third-order valence-corrected chi connectivity index (χ3v) is 4.71. The smallest absolute Gasteiger partial charge is 0.274 e. The minimum absolute atomic E-state index is 0.152. The lowest BCUT2D eigenvalue weighted by Gasteiger charge is -2.19. The summed E-state index contributed by atoms with van der Waals surface area (Å²) in [7, 11) is 3.02. The molecule has 0 unspecified atom stereocenters. The maximum atomic E-state index is 12.8. The molecule has 2 N–H and O–H groups in total. The van der Waals surface area contributed by atoms with E-state index in [1.165, 1.54) is 14.2 Å². The van der Waals surface area contributed by atoms with Crippen molar-refractivity contribution in [2.75, 3.05) is 20.8 Å². The zero-order valence-corrected chi connectivity index (χ0v) is 17.2. The molecule has 0 aliphatic heterocycles. The van der Waals surface area contributed by atoms with Gasteiger partial charge in [-0.2, -0.15) is 5.10 Å². The molecule has 0 saturated carbocycles. The second kappa shape index (κ2) is 8.34. The maximum Gasteiger partial charge on any atom is 0.274 e. The first-order chi connectivity index (χ1) is 13.9. The second-order valence-corrected chi connectivity index (χ2v) is 6.92. The Balaban J connectivity index is 1.92. The molecule has 0 spiro atoms. The van der Waals surface area contributed by atoms with Gasteiger partial charge >= 0.3 is 0 Å². The van der Waals surface area contributed by atoms with Gasteiger partial charge in [-0.1, -0.05) is 13.8 Å². The zero-order chi connectivity index (χ0) is 21.1. The SMILES string of the molecule is CCN(Cc1nc2cc(OC)c(OC)cc2c(=O)[nH]1)C(=O)c1cc(C(C)C)[nH]n1. The van der Waals surface area contributed by atoms with E-state index in [2.05, 4.69) is 20.2 Å². The normalized spacial score (nSPS) is 11.1. The van der Waals surface area contributed by atoms with Crippen LogP contribution in [0.15, 0.2) is 23.0 Å². The molecule has 0 saturated heterocycles. The van der Waals surface area contributed by atoms with Crippen molar-refractivity contribution in [2.45, 2.75) is 33.2 Å². The van der Waals surface area contributed by atoms with Gasteiger partial charge in [-0.15, -0.1) is 0 Å². The molecule has 3 rings (SSSR count). The van der Waals surface area contributed by atoms with E-state index >= 15 is 0 Å². The van der Waals surface area contributed by atoms with Gasteiger partial charge in [0.2, 0.25) is 0 Å². The molecule has 2 aromatic heterocycles. The van der Waals surface area contributed by atoms with Crippen molar-refractivity contribution >= 4 is 16.8 Å². The first kappa shape index (κ1) is 20.4. The Morgan fingerprint density at radius 1 is 1.17 bits per heavy atom. The van der Waals surface area contributed by atoms with Gasteiger partial charge in [0, 0.05) is 18.3 Å².